The van der Waals surface area contributed by atoms with Crippen LogP contribution < -0.4 is 15.2 Å². The van der Waals surface area contributed by atoms with E-state index >= 15 is 0 Å². The number of anilines is 1. The predicted molar refractivity (Wildman–Crippen MR) is 117 cm³/mol. The molecule has 2 aromatic heterocycles. The van der Waals surface area contributed by atoms with E-state index in [0.29, 0.717) is 34.7 Å². The van der Waals surface area contributed by atoms with Gasteiger partial charge in [0.1, 0.15) is 23.6 Å². The summed E-state index contributed by atoms with van der Waals surface area (Å²) >= 11 is 0. The van der Waals surface area contributed by atoms with Crippen LogP contribution in [0.2, 0.25) is 0 Å². The summed E-state index contributed by atoms with van der Waals surface area (Å²) in [6, 6.07) is 11.9. The largest absolute Gasteiger partial charge is 0.494 e. The van der Waals surface area contributed by atoms with Gasteiger partial charge in [-0.2, -0.15) is 9.49 Å². The van der Waals surface area contributed by atoms with Gasteiger partial charge in [0.05, 0.1) is 24.6 Å². The van der Waals surface area contributed by atoms with Crippen LogP contribution in [0, 0.1) is 5.82 Å². The molecule has 5 rings (SSSR count). The van der Waals surface area contributed by atoms with E-state index in [9.17, 15) is 9.50 Å². The van der Waals surface area contributed by atoms with E-state index < -0.39 is 5.82 Å². The van der Waals surface area contributed by atoms with E-state index in [-0.39, 0.29) is 23.6 Å². The van der Waals surface area contributed by atoms with Crippen molar-refractivity contribution in [2.75, 3.05) is 12.8 Å². The van der Waals surface area contributed by atoms with E-state index in [4.69, 9.17) is 20.3 Å². The third kappa shape index (κ3) is 3.50. The number of hydrogen-bond acceptors (Lipinski definition) is 7. The number of rotatable bonds is 5. The van der Waals surface area contributed by atoms with Crippen LogP contribution in [0.1, 0.15) is 25.3 Å². The Morgan fingerprint density at radius 3 is 2.59 bits per heavy atom. The summed E-state index contributed by atoms with van der Waals surface area (Å²) in [6.45, 7) is 0. The number of aliphatic hydroxyl groups is 1. The van der Waals surface area contributed by atoms with Gasteiger partial charge in [-0.3, -0.25) is 0 Å². The fraction of sp³-hybridized carbons (Fsp3) is 0.261. The normalized spacial score (nSPS) is 18.2. The van der Waals surface area contributed by atoms with Crippen LogP contribution in [0.4, 0.5) is 10.2 Å². The summed E-state index contributed by atoms with van der Waals surface area (Å²) in [7, 11) is 1.40. The number of ether oxygens (including phenoxy) is 2. The van der Waals surface area contributed by atoms with Crippen molar-refractivity contribution in [1.82, 2.24) is 19.7 Å². The van der Waals surface area contributed by atoms with Gasteiger partial charge in [-0.05, 0) is 55.7 Å². The highest BCUT2D eigenvalue weighted by atomic mass is 19.1. The zero-order valence-electron chi connectivity index (χ0n) is 17.4. The SMILES string of the molecule is COc1cccc(Oc2ccc(-c3nn([C@H]4CC[C@H](O)C4)c4ncnc(N)c34)cc2)c1F. The van der Waals surface area contributed by atoms with Gasteiger partial charge in [0, 0.05) is 5.56 Å². The lowest BCUT2D eigenvalue weighted by Gasteiger charge is -2.10. The number of hydrogen-bond donors (Lipinski definition) is 2. The van der Waals surface area contributed by atoms with Crippen molar-refractivity contribution < 1.29 is 19.0 Å². The van der Waals surface area contributed by atoms with Crippen molar-refractivity contribution >= 4 is 16.9 Å². The zero-order valence-corrected chi connectivity index (χ0v) is 17.4. The van der Waals surface area contributed by atoms with Crippen molar-refractivity contribution in [1.29, 1.82) is 0 Å². The van der Waals surface area contributed by atoms with Crippen LogP contribution in [-0.4, -0.2) is 38.1 Å². The molecule has 0 radical (unpaired) electrons. The van der Waals surface area contributed by atoms with Gasteiger partial charge in [-0.15, -0.1) is 0 Å². The van der Waals surface area contributed by atoms with Crippen LogP contribution in [0.15, 0.2) is 48.8 Å². The fourth-order valence-electron chi connectivity index (χ4n) is 4.14. The molecular formula is C23H22FN5O3. The number of benzene rings is 2. The van der Waals surface area contributed by atoms with Crippen LogP contribution in [0.3, 0.4) is 0 Å². The molecular weight excluding hydrogens is 413 g/mol. The molecule has 9 heteroatoms. The van der Waals surface area contributed by atoms with Crippen molar-refractivity contribution in [2.45, 2.75) is 31.4 Å². The van der Waals surface area contributed by atoms with Crippen LogP contribution in [0.25, 0.3) is 22.3 Å². The topological polar surface area (TPSA) is 108 Å². The number of nitrogens with zero attached hydrogens (tertiary/aromatic N) is 4. The minimum Gasteiger partial charge on any atom is -0.494 e. The Balaban J connectivity index is 1.50. The second-order valence-corrected chi connectivity index (χ2v) is 7.77. The molecule has 164 valence electrons. The van der Waals surface area contributed by atoms with Crippen molar-refractivity contribution in [3.8, 4) is 28.5 Å². The number of nitrogen functional groups attached to an aromatic ring is 1. The minimum atomic E-state index is -0.563. The number of halogens is 1. The van der Waals surface area contributed by atoms with Crippen molar-refractivity contribution in [3.63, 3.8) is 0 Å². The molecule has 2 atom stereocenters. The van der Waals surface area contributed by atoms with E-state index in [1.807, 2.05) is 16.8 Å². The summed E-state index contributed by atoms with van der Waals surface area (Å²) < 4.78 is 26.9. The van der Waals surface area contributed by atoms with Gasteiger partial charge in [-0.25, -0.2) is 14.6 Å². The molecule has 1 aliphatic rings. The molecule has 0 saturated heterocycles. The lowest BCUT2D eigenvalue weighted by Crippen LogP contribution is -2.09. The van der Waals surface area contributed by atoms with Crippen LogP contribution in [-0.2, 0) is 0 Å². The first-order valence-corrected chi connectivity index (χ1v) is 10.3. The Morgan fingerprint density at radius 1 is 1.09 bits per heavy atom. The summed E-state index contributed by atoms with van der Waals surface area (Å²) in [5.41, 5.74) is 8.27. The molecule has 8 nitrogen and oxygen atoms in total. The molecule has 1 aliphatic carbocycles. The second-order valence-electron chi connectivity index (χ2n) is 7.77. The predicted octanol–water partition coefficient (Wildman–Crippen LogP) is 4.10. The van der Waals surface area contributed by atoms with Gasteiger partial charge < -0.3 is 20.3 Å². The Morgan fingerprint density at radius 2 is 1.88 bits per heavy atom. The maximum absolute atomic E-state index is 14.4. The van der Waals surface area contributed by atoms with Gasteiger partial charge in [0.2, 0.25) is 5.82 Å². The molecule has 0 bridgehead atoms. The maximum Gasteiger partial charge on any atom is 0.207 e. The standard InChI is InChI=1S/C23H22FN5O3/c1-31-17-3-2-4-18(20(17)24)32-16-9-5-13(6-10-16)21-19-22(25)26-12-27-23(19)29(28-21)14-7-8-15(30)11-14/h2-6,9-10,12,14-15,30H,7-8,11H2,1H3,(H2,25,26,27)/t14-,15-/m0/s1. The molecule has 3 N–H and O–H groups in total. The number of aliphatic hydroxyl groups excluding tert-OH is 1. The number of fused-ring (bicyclic) bond motifs is 1. The summed E-state index contributed by atoms with van der Waals surface area (Å²) in [5.74, 6) is 0.432. The summed E-state index contributed by atoms with van der Waals surface area (Å²) in [5, 5.41) is 15.4. The van der Waals surface area contributed by atoms with Gasteiger partial charge >= 0.3 is 0 Å². The first kappa shape index (κ1) is 20.2. The van der Waals surface area contributed by atoms with E-state index in [0.717, 1.165) is 18.4 Å². The molecule has 1 saturated carbocycles. The number of methoxy groups -OCH3 is 1. The molecule has 4 aromatic rings. The van der Waals surface area contributed by atoms with E-state index in [1.54, 1.807) is 18.2 Å². The summed E-state index contributed by atoms with van der Waals surface area (Å²) in [4.78, 5) is 8.54. The van der Waals surface area contributed by atoms with E-state index in [1.165, 1.54) is 25.6 Å². The minimum absolute atomic E-state index is 0.0502. The smallest absolute Gasteiger partial charge is 0.207 e. The molecule has 0 aliphatic heterocycles. The lowest BCUT2D eigenvalue weighted by molar-refractivity contribution is 0.177. The Hall–Kier alpha value is -3.72. The molecule has 32 heavy (non-hydrogen) atoms. The number of aromatic nitrogens is 4. The fourth-order valence-corrected chi connectivity index (χ4v) is 4.14. The average Bonchev–Trinajstić information content (AvgIpc) is 3.40. The van der Waals surface area contributed by atoms with Crippen molar-refractivity contribution in [2.24, 2.45) is 0 Å². The highest BCUT2D eigenvalue weighted by molar-refractivity contribution is 5.98. The first-order valence-electron chi connectivity index (χ1n) is 10.3. The molecule has 0 spiro atoms. The van der Waals surface area contributed by atoms with Crippen LogP contribution in [0.5, 0.6) is 17.2 Å². The van der Waals surface area contributed by atoms with Crippen LogP contribution >= 0.6 is 0 Å². The van der Waals surface area contributed by atoms with E-state index in [2.05, 4.69) is 9.97 Å². The highest BCUT2D eigenvalue weighted by Crippen LogP contribution is 2.37. The van der Waals surface area contributed by atoms with Crippen molar-refractivity contribution in [3.05, 3.63) is 54.6 Å². The zero-order chi connectivity index (χ0) is 22.2. The molecule has 2 aromatic carbocycles. The van der Waals surface area contributed by atoms with Gasteiger partial charge in [0.25, 0.3) is 0 Å². The Labute approximate surface area is 183 Å². The van der Waals surface area contributed by atoms with Gasteiger partial charge in [0.15, 0.2) is 17.1 Å². The third-order valence-corrected chi connectivity index (χ3v) is 5.74. The molecule has 0 amide bonds. The lowest BCUT2D eigenvalue weighted by atomic mass is 10.1. The molecule has 2 heterocycles. The first-order chi connectivity index (χ1) is 15.5. The third-order valence-electron chi connectivity index (χ3n) is 5.74. The monoisotopic (exact) mass is 435 g/mol. The molecule has 1 fully saturated rings. The molecule has 0 unspecified atom stereocenters. The highest BCUT2D eigenvalue weighted by Gasteiger charge is 2.28. The second kappa shape index (κ2) is 8.08. The summed E-state index contributed by atoms with van der Waals surface area (Å²) in [6.07, 6.45) is 3.26. The number of nitrogens with two attached hydrogens (primary N) is 1. The average molecular weight is 435 g/mol. The quantitative estimate of drug-likeness (QED) is 0.486. The Bertz CT molecular complexity index is 1270. The van der Waals surface area contributed by atoms with Gasteiger partial charge in [-0.1, -0.05) is 6.07 Å². The Kier molecular flexibility index (Phi) is 5.10. The maximum atomic E-state index is 14.4.